The molecule has 0 aromatic carbocycles. The van der Waals surface area contributed by atoms with Gasteiger partial charge < -0.3 is 10.1 Å². The molecule has 1 aromatic heterocycles. The molecule has 1 rings (SSSR count). The first kappa shape index (κ1) is 15.7. The zero-order chi connectivity index (χ0) is 14.3. The van der Waals surface area contributed by atoms with Crippen LogP contribution in [0.2, 0.25) is 0 Å². The van der Waals surface area contributed by atoms with Gasteiger partial charge in [-0.25, -0.2) is 4.98 Å². The van der Waals surface area contributed by atoms with Crippen LogP contribution in [0.5, 0.6) is 5.88 Å². The summed E-state index contributed by atoms with van der Waals surface area (Å²) in [4.78, 5) is 8.98. The van der Waals surface area contributed by atoms with Crippen LogP contribution in [0.4, 0.5) is 5.82 Å². The summed E-state index contributed by atoms with van der Waals surface area (Å²) in [5.74, 6) is 3.37. The molecule has 0 amide bonds. The summed E-state index contributed by atoms with van der Waals surface area (Å²) < 4.78 is 5.62. The molecule has 1 N–H and O–H groups in total. The van der Waals surface area contributed by atoms with E-state index in [-0.39, 0.29) is 0 Å². The van der Waals surface area contributed by atoms with Crippen LogP contribution in [0.25, 0.3) is 0 Å². The van der Waals surface area contributed by atoms with Gasteiger partial charge in [0.2, 0.25) is 5.88 Å². The van der Waals surface area contributed by atoms with Gasteiger partial charge in [-0.1, -0.05) is 34.6 Å². The number of nitrogens with zero attached hydrogens (tertiary/aromatic N) is 2. The van der Waals surface area contributed by atoms with Gasteiger partial charge in [-0.15, -0.1) is 0 Å². The molecule has 1 heterocycles. The zero-order valence-electron chi connectivity index (χ0n) is 12.9. The monoisotopic (exact) mass is 265 g/mol. The van der Waals surface area contributed by atoms with Crippen molar-refractivity contribution in [3.05, 3.63) is 11.9 Å². The predicted octanol–water partition coefficient (Wildman–Crippen LogP) is 3.85. The Bertz CT molecular complexity index is 378. The van der Waals surface area contributed by atoms with Crippen molar-refractivity contribution in [3.8, 4) is 5.88 Å². The summed E-state index contributed by atoms with van der Waals surface area (Å²) in [6.07, 6.45) is 2.11. The van der Waals surface area contributed by atoms with Crippen LogP contribution >= 0.6 is 0 Å². The lowest BCUT2D eigenvalue weighted by Crippen LogP contribution is -2.10. The van der Waals surface area contributed by atoms with E-state index in [2.05, 4.69) is 49.9 Å². The summed E-state index contributed by atoms with van der Waals surface area (Å²) in [5, 5.41) is 3.36. The van der Waals surface area contributed by atoms with Gasteiger partial charge in [0.15, 0.2) is 0 Å². The molecule has 0 aliphatic carbocycles. The minimum Gasteiger partial charge on any atom is -0.478 e. The maximum Gasteiger partial charge on any atom is 0.218 e. The summed E-state index contributed by atoms with van der Waals surface area (Å²) in [5.41, 5.74) is 0. The quantitative estimate of drug-likeness (QED) is 0.775. The van der Waals surface area contributed by atoms with Crippen LogP contribution in [0.3, 0.4) is 0 Å². The van der Waals surface area contributed by atoms with Crippen LogP contribution in [-0.2, 0) is 0 Å². The molecule has 0 bridgehead atoms. The highest BCUT2D eigenvalue weighted by Crippen LogP contribution is 2.19. The molecule has 0 fully saturated rings. The Morgan fingerprint density at radius 2 is 1.95 bits per heavy atom. The first-order valence-electron chi connectivity index (χ1n) is 7.28. The summed E-state index contributed by atoms with van der Waals surface area (Å²) >= 11 is 0. The highest BCUT2D eigenvalue weighted by atomic mass is 16.5. The van der Waals surface area contributed by atoms with E-state index >= 15 is 0 Å². The molecule has 4 nitrogen and oxygen atoms in total. The largest absolute Gasteiger partial charge is 0.478 e. The molecule has 0 aliphatic rings. The Morgan fingerprint density at radius 3 is 2.53 bits per heavy atom. The Kier molecular flexibility index (Phi) is 6.60. The van der Waals surface area contributed by atoms with E-state index in [1.807, 2.05) is 6.07 Å². The van der Waals surface area contributed by atoms with E-state index in [0.29, 0.717) is 24.3 Å². The van der Waals surface area contributed by atoms with E-state index in [9.17, 15) is 0 Å². The van der Waals surface area contributed by atoms with Crippen molar-refractivity contribution in [2.45, 2.75) is 53.4 Å². The van der Waals surface area contributed by atoms with Crippen LogP contribution in [0, 0.1) is 5.92 Å². The molecule has 0 unspecified atom stereocenters. The van der Waals surface area contributed by atoms with Gasteiger partial charge in [0.1, 0.15) is 11.6 Å². The molecule has 4 heteroatoms. The topological polar surface area (TPSA) is 47.0 Å². The van der Waals surface area contributed by atoms with Gasteiger partial charge in [0.05, 0.1) is 6.61 Å². The molecule has 0 aliphatic heterocycles. The van der Waals surface area contributed by atoms with E-state index in [1.54, 1.807) is 0 Å². The second-order valence-corrected chi connectivity index (χ2v) is 5.56. The highest BCUT2D eigenvalue weighted by Gasteiger charge is 2.08. The molecule has 0 radical (unpaired) electrons. The SMILES string of the molecule is CCCOc1cc(NCCC(C)C)nc(C(C)C)n1. The smallest absolute Gasteiger partial charge is 0.218 e. The van der Waals surface area contributed by atoms with Crippen molar-refractivity contribution in [1.82, 2.24) is 9.97 Å². The fourth-order valence-corrected chi connectivity index (χ4v) is 1.56. The van der Waals surface area contributed by atoms with E-state index in [4.69, 9.17) is 4.74 Å². The highest BCUT2D eigenvalue weighted by molar-refractivity contribution is 5.38. The van der Waals surface area contributed by atoms with Crippen LogP contribution in [0.1, 0.15) is 59.2 Å². The average molecular weight is 265 g/mol. The maximum absolute atomic E-state index is 5.62. The Labute approximate surface area is 117 Å². The molecule has 0 saturated heterocycles. The third kappa shape index (κ3) is 5.90. The van der Waals surface area contributed by atoms with Gasteiger partial charge in [0.25, 0.3) is 0 Å². The fraction of sp³-hybridized carbons (Fsp3) is 0.733. The standard InChI is InChI=1S/C15H27N3O/c1-6-9-19-14-10-13(16-8-7-11(2)3)17-15(18-14)12(4)5/h10-12H,6-9H2,1-5H3,(H,16,17,18). The molecule has 0 saturated carbocycles. The molecule has 1 aromatic rings. The van der Waals surface area contributed by atoms with E-state index in [0.717, 1.165) is 31.0 Å². The van der Waals surface area contributed by atoms with Crippen molar-refractivity contribution in [1.29, 1.82) is 0 Å². The summed E-state index contributed by atoms with van der Waals surface area (Å²) in [6.45, 7) is 12.3. The third-order valence-corrected chi connectivity index (χ3v) is 2.72. The third-order valence-electron chi connectivity index (χ3n) is 2.72. The Morgan fingerprint density at radius 1 is 1.21 bits per heavy atom. The lowest BCUT2D eigenvalue weighted by Gasteiger charge is -2.12. The number of rotatable bonds is 8. The predicted molar refractivity (Wildman–Crippen MR) is 79.9 cm³/mol. The minimum absolute atomic E-state index is 0.302. The maximum atomic E-state index is 5.62. The minimum atomic E-state index is 0.302. The second kappa shape index (κ2) is 7.97. The van der Waals surface area contributed by atoms with Crippen molar-refractivity contribution in [2.75, 3.05) is 18.5 Å². The molecule has 19 heavy (non-hydrogen) atoms. The number of ether oxygens (including phenoxy) is 1. The number of hydrogen-bond acceptors (Lipinski definition) is 4. The van der Waals surface area contributed by atoms with Gasteiger partial charge in [-0.05, 0) is 18.8 Å². The number of aromatic nitrogens is 2. The van der Waals surface area contributed by atoms with E-state index < -0.39 is 0 Å². The average Bonchev–Trinajstić information content (AvgIpc) is 2.35. The number of hydrogen-bond donors (Lipinski definition) is 1. The van der Waals surface area contributed by atoms with Crippen molar-refractivity contribution in [2.24, 2.45) is 5.92 Å². The van der Waals surface area contributed by atoms with Crippen LogP contribution < -0.4 is 10.1 Å². The lowest BCUT2D eigenvalue weighted by molar-refractivity contribution is 0.303. The fourth-order valence-electron chi connectivity index (χ4n) is 1.56. The first-order valence-corrected chi connectivity index (χ1v) is 7.28. The Hall–Kier alpha value is -1.32. The summed E-state index contributed by atoms with van der Waals surface area (Å²) in [7, 11) is 0. The Balaban J connectivity index is 2.74. The number of nitrogens with one attached hydrogen (secondary N) is 1. The molecule has 108 valence electrons. The molecular weight excluding hydrogens is 238 g/mol. The molecule has 0 atom stereocenters. The van der Waals surface area contributed by atoms with Crippen molar-refractivity contribution in [3.63, 3.8) is 0 Å². The normalized spacial score (nSPS) is 11.1. The second-order valence-electron chi connectivity index (χ2n) is 5.56. The van der Waals surface area contributed by atoms with E-state index in [1.165, 1.54) is 0 Å². The molecule has 0 spiro atoms. The van der Waals surface area contributed by atoms with Gasteiger partial charge in [0, 0.05) is 18.5 Å². The van der Waals surface area contributed by atoms with Gasteiger partial charge in [-0.2, -0.15) is 4.98 Å². The van der Waals surface area contributed by atoms with Crippen molar-refractivity contribution >= 4 is 5.82 Å². The molecular formula is C15H27N3O. The van der Waals surface area contributed by atoms with Gasteiger partial charge >= 0.3 is 0 Å². The van der Waals surface area contributed by atoms with Gasteiger partial charge in [-0.3, -0.25) is 0 Å². The zero-order valence-corrected chi connectivity index (χ0v) is 12.9. The summed E-state index contributed by atoms with van der Waals surface area (Å²) in [6, 6.07) is 1.89. The number of anilines is 1. The first-order chi connectivity index (χ1) is 9.02. The van der Waals surface area contributed by atoms with Crippen LogP contribution in [-0.4, -0.2) is 23.1 Å². The lowest BCUT2D eigenvalue weighted by atomic mass is 10.1. The van der Waals surface area contributed by atoms with Crippen LogP contribution in [0.15, 0.2) is 6.07 Å². The van der Waals surface area contributed by atoms with Crippen molar-refractivity contribution < 1.29 is 4.74 Å².